The van der Waals surface area contributed by atoms with Crippen molar-refractivity contribution in [1.82, 2.24) is 4.72 Å². The third kappa shape index (κ3) is 3.23. The number of halogens is 1. The van der Waals surface area contributed by atoms with E-state index in [2.05, 4.69) is 4.72 Å². The van der Waals surface area contributed by atoms with Crippen LogP contribution in [0, 0.1) is 15.9 Å². The van der Waals surface area contributed by atoms with Gasteiger partial charge in [-0.2, -0.15) is 4.39 Å². The van der Waals surface area contributed by atoms with Crippen LogP contribution in [0.2, 0.25) is 0 Å². The van der Waals surface area contributed by atoms with E-state index in [1.807, 2.05) is 0 Å². The van der Waals surface area contributed by atoms with E-state index >= 15 is 0 Å². The van der Waals surface area contributed by atoms with Gasteiger partial charge in [0.05, 0.1) is 9.82 Å². The molecule has 1 aromatic rings. The molecule has 0 aromatic heterocycles. The normalized spacial score (nSPS) is 13.3. The molecular formula is C10H13FN2O4S. The molecule has 1 aromatic carbocycles. The van der Waals surface area contributed by atoms with Crippen LogP contribution in [0.5, 0.6) is 0 Å². The van der Waals surface area contributed by atoms with Crippen LogP contribution in [0.15, 0.2) is 23.1 Å². The van der Waals surface area contributed by atoms with Gasteiger partial charge in [0.15, 0.2) is 0 Å². The van der Waals surface area contributed by atoms with Crippen molar-refractivity contribution in [3.05, 3.63) is 34.1 Å². The molecule has 6 nitrogen and oxygen atoms in total. The molecule has 1 atom stereocenters. The van der Waals surface area contributed by atoms with E-state index < -0.39 is 26.5 Å². The van der Waals surface area contributed by atoms with E-state index in [0.717, 1.165) is 12.1 Å². The van der Waals surface area contributed by atoms with Crippen LogP contribution >= 0.6 is 0 Å². The Bertz CT molecular complexity index is 559. The van der Waals surface area contributed by atoms with Gasteiger partial charge >= 0.3 is 5.69 Å². The number of rotatable bonds is 5. The van der Waals surface area contributed by atoms with Gasteiger partial charge in [-0.25, -0.2) is 13.1 Å². The van der Waals surface area contributed by atoms with Gasteiger partial charge in [-0.1, -0.05) is 6.92 Å². The second-order valence-electron chi connectivity index (χ2n) is 3.80. The fourth-order valence-electron chi connectivity index (χ4n) is 1.22. The predicted octanol–water partition coefficient (Wildman–Crippen LogP) is 1.81. The summed E-state index contributed by atoms with van der Waals surface area (Å²) in [6, 6.07) is 2.18. The minimum absolute atomic E-state index is 0.298. The highest BCUT2D eigenvalue weighted by Crippen LogP contribution is 2.20. The molecule has 1 N–H and O–H groups in total. The van der Waals surface area contributed by atoms with E-state index in [1.54, 1.807) is 13.8 Å². The Morgan fingerprint density at radius 1 is 1.50 bits per heavy atom. The molecule has 8 heteroatoms. The third-order valence-electron chi connectivity index (χ3n) is 2.39. The highest BCUT2D eigenvalue weighted by molar-refractivity contribution is 7.89. The lowest BCUT2D eigenvalue weighted by molar-refractivity contribution is -0.387. The van der Waals surface area contributed by atoms with E-state index in [0.29, 0.717) is 12.5 Å². The minimum atomic E-state index is -3.85. The van der Waals surface area contributed by atoms with Crippen molar-refractivity contribution >= 4 is 15.7 Å². The Labute approximate surface area is 104 Å². The number of hydrogen-bond acceptors (Lipinski definition) is 4. The van der Waals surface area contributed by atoms with Gasteiger partial charge in [-0.3, -0.25) is 10.1 Å². The molecule has 0 heterocycles. The lowest BCUT2D eigenvalue weighted by Gasteiger charge is -2.11. The van der Waals surface area contributed by atoms with E-state index in [-0.39, 0.29) is 10.9 Å². The molecule has 0 saturated carbocycles. The molecule has 1 unspecified atom stereocenters. The van der Waals surface area contributed by atoms with Crippen molar-refractivity contribution in [3.63, 3.8) is 0 Å². The summed E-state index contributed by atoms with van der Waals surface area (Å²) in [6.07, 6.45) is 0.578. The van der Waals surface area contributed by atoms with Gasteiger partial charge in [0.2, 0.25) is 15.8 Å². The summed E-state index contributed by atoms with van der Waals surface area (Å²) in [5.41, 5.74) is -0.752. The Hall–Kier alpha value is -1.54. The largest absolute Gasteiger partial charge is 0.304 e. The molecule has 0 saturated heterocycles. The molecule has 0 radical (unpaired) electrons. The van der Waals surface area contributed by atoms with Crippen LogP contribution in [0.4, 0.5) is 10.1 Å². The fraction of sp³-hybridized carbons (Fsp3) is 0.400. The monoisotopic (exact) mass is 276 g/mol. The average molecular weight is 276 g/mol. The number of nitrogens with one attached hydrogen (secondary N) is 1. The molecule has 0 aliphatic carbocycles. The number of hydrogen-bond donors (Lipinski definition) is 1. The van der Waals surface area contributed by atoms with Crippen LogP contribution in [0.3, 0.4) is 0 Å². The Kier molecular flexibility index (Phi) is 4.36. The molecule has 0 bridgehead atoms. The van der Waals surface area contributed by atoms with Gasteiger partial charge in [0.25, 0.3) is 0 Å². The van der Waals surface area contributed by atoms with Crippen molar-refractivity contribution < 1.29 is 17.7 Å². The fourth-order valence-corrected chi connectivity index (χ4v) is 2.56. The quantitative estimate of drug-likeness (QED) is 0.656. The predicted molar refractivity (Wildman–Crippen MR) is 63.1 cm³/mol. The van der Waals surface area contributed by atoms with Crippen molar-refractivity contribution in [2.75, 3.05) is 0 Å². The molecule has 0 fully saturated rings. The second-order valence-corrected chi connectivity index (χ2v) is 5.51. The maximum absolute atomic E-state index is 13.3. The first-order valence-electron chi connectivity index (χ1n) is 5.24. The zero-order valence-corrected chi connectivity index (χ0v) is 10.7. The van der Waals surface area contributed by atoms with Gasteiger partial charge < -0.3 is 0 Å². The molecule has 0 spiro atoms. The lowest BCUT2D eigenvalue weighted by Crippen LogP contribution is -2.32. The molecule has 0 amide bonds. The molecular weight excluding hydrogens is 263 g/mol. The second kappa shape index (κ2) is 5.40. The first kappa shape index (κ1) is 14.5. The highest BCUT2D eigenvalue weighted by Gasteiger charge is 2.21. The van der Waals surface area contributed by atoms with Gasteiger partial charge in [-0.15, -0.1) is 0 Å². The Balaban J connectivity index is 3.12. The molecule has 1 rings (SSSR count). The van der Waals surface area contributed by atoms with Crippen LogP contribution in [0.25, 0.3) is 0 Å². The zero-order chi connectivity index (χ0) is 13.9. The zero-order valence-electron chi connectivity index (χ0n) is 9.88. The van der Waals surface area contributed by atoms with Crippen molar-refractivity contribution in [2.45, 2.75) is 31.2 Å². The SMILES string of the molecule is CCC(C)NS(=O)(=O)c1ccc([N+](=O)[O-])c(F)c1. The summed E-state index contributed by atoms with van der Waals surface area (Å²) in [5, 5.41) is 10.4. The molecule has 0 aliphatic rings. The Morgan fingerprint density at radius 2 is 2.11 bits per heavy atom. The number of nitrogens with zero attached hydrogens (tertiary/aromatic N) is 1. The van der Waals surface area contributed by atoms with E-state index in [4.69, 9.17) is 0 Å². The molecule has 18 heavy (non-hydrogen) atoms. The summed E-state index contributed by atoms with van der Waals surface area (Å²) in [5.74, 6) is -1.17. The van der Waals surface area contributed by atoms with E-state index in [1.165, 1.54) is 0 Å². The Morgan fingerprint density at radius 3 is 2.56 bits per heavy atom. The maximum Gasteiger partial charge on any atom is 0.304 e. The summed E-state index contributed by atoms with van der Waals surface area (Å²) in [4.78, 5) is 9.17. The highest BCUT2D eigenvalue weighted by atomic mass is 32.2. The number of nitro benzene ring substituents is 1. The van der Waals surface area contributed by atoms with Crippen LogP contribution in [-0.4, -0.2) is 19.4 Å². The third-order valence-corrected chi connectivity index (χ3v) is 3.98. The summed E-state index contributed by atoms with van der Waals surface area (Å²) < 4.78 is 39.2. The van der Waals surface area contributed by atoms with Crippen LogP contribution in [-0.2, 0) is 10.0 Å². The minimum Gasteiger partial charge on any atom is -0.258 e. The first-order chi connectivity index (χ1) is 8.27. The van der Waals surface area contributed by atoms with Crippen molar-refractivity contribution in [3.8, 4) is 0 Å². The number of sulfonamides is 1. The van der Waals surface area contributed by atoms with E-state index in [9.17, 15) is 22.9 Å². The lowest BCUT2D eigenvalue weighted by atomic mass is 10.3. The number of benzene rings is 1. The first-order valence-corrected chi connectivity index (χ1v) is 6.72. The smallest absolute Gasteiger partial charge is 0.258 e. The summed E-state index contributed by atoms with van der Waals surface area (Å²) >= 11 is 0. The number of nitro groups is 1. The maximum atomic E-state index is 13.3. The van der Waals surface area contributed by atoms with Crippen molar-refractivity contribution in [2.24, 2.45) is 0 Å². The van der Waals surface area contributed by atoms with Crippen LogP contribution in [0.1, 0.15) is 20.3 Å². The van der Waals surface area contributed by atoms with Gasteiger partial charge in [0, 0.05) is 18.2 Å². The van der Waals surface area contributed by atoms with Crippen LogP contribution < -0.4 is 4.72 Å². The van der Waals surface area contributed by atoms with Crippen molar-refractivity contribution in [1.29, 1.82) is 0 Å². The van der Waals surface area contributed by atoms with Gasteiger partial charge in [-0.05, 0) is 19.4 Å². The molecule has 0 aliphatic heterocycles. The standard InChI is InChI=1S/C10H13FN2O4S/c1-3-7(2)12-18(16,17)8-4-5-10(13(14)15)9(11)6-8/h4-7,12H,3H2,1-2H3. The average Bonchev–Trinajstić information content (AvgIpc) is 2.27. The summed E-state index contributed by atoms with van der Waals surface area (Å²) in [7, 11) is -3.85. The topological polar surface area (TPSA) is 89.3 Å². The van der Waals surface area contributed by atoms with Gasteiger partial charge in [0.1, 0.15) is 0 Å². The molecule has 100 valence electrons. The summed E-state index contributed by atoms with van der Waals surface area (Å²) in [6.45, 7) is 3.46.